The Labute approximate surface area is 147 Å². The van der Waals surface area contributed by atoms with Gasteiger partial charge in [-0.25, -0.2) is 0 Å². The summed E-state index contributed by atoms with van der Waals surface area (Å²) in [6.07, 6.45) is 5.31. The zero-order valence-electron chi connectivity index (χ0n) is 15.1. The van der Waals surface area contributed by atoms with E-state index in [9.17, 15) is 4.79 Å². The maximum Gasteiger partial charge on any atom is 0.205 e. The van der Waals surface area contributed by atoms with Gasteiger partial charge < -0.3 is 18.6 Å². The van der Waals surface area contributed by atoms with E-state index < -0.39 is 0 Å². The molecular formula is C19H25NO5. The van der Waals surface area contributed by atoms with Crippen LogP contribution in [0.3, 0.4) is 0 Å². The number of methoxy groups -OCH3 is 2. The molecule has 0 amide bonds. The van der Waals surface area contributed by atoms with Gasteiger partial charge in [0, 0.05) is 6.54 Å². The second-order valence-electron chi connectivity index (χ2n) is 6.24. The molecule has 0 N–H and O–H groups in total. The molecule has 1 aromatic heterocycles. The van der Waals surface area contributed by atoms with Crippen LogP contribution in [0.15, 0.2) is 16.7 Å². The Hall–Kier alpha value is -2.21. The monoisotopic (exact) mass is 347 g/mol. The highest BCUT2D eigenvalue weighted by atomic mass is 16.5. The van der Waals surface area contributed by atoms with Crippen molar-refractivity contribution >= 4 is 16.8 Å². The van der Waals surface area contributed by atoms with Gasteiger partial charge in [-0.1, -0.05) is 6.42 Å². The number of nitrogens with zero attached hydrogens (tertiary/aromatic N) is 1. The number of ether oxygens (including phenoxy) is 3. The number of piperidine rings is 1. The first-order chi connectivity index (χ1) is 12.2. The molecule has 0 atom stereocenters. The van der Waals surface area contributed by atoms with E-state index in [-0.39, 0.29) is 5.78 Å². The minimum absolute atomic E-state index is 0.133. The predicted octanol–water partition coefficient (Wildman–Crippen LogP) is 3.52. The van der Waals surface area contributed by atoms with E-state index in [1.165, 1.54) is 33.3 Å². The maximum absolute atomic E-state index is 12.3. The van der Waals surface area contributed by atoms with Gasteiger partial charge in [0.15, 0.2) is 17.1 Å². The molecule has 6 heteroatoms. The molecule has 0 radical (unpaired) electrons. The summed E-state index contributed by atoms with van der Waals surface area (Å²) in [7, 11) is 3.09. The van der Waals surface area contributed by atoms with Crippen LogP contribution in [-0.2, 0) is 0 Å². The van der Waals surface area contributed by atoms with Gasteiger partial charge in [-0.15, -0.1) is 0 Å². The summed E-state index contributed by atoms with van der Waals surface area (Å²) in [4.78, 5) is 14.7. The van der Waals surface area contributed by atoms with Gasteiger partial charge in [0.1, 0.15) is 17.9 Å². The number of carbonyl (C=O) groups is 1. The second kappa shape index (κ2) is 7.78. The summed E-state index contributed by atoms with van der Waals surface area (Å²) in [6, 6.07) is 1.76. The Balaban J connectivity index is 1.93. The first kappa shape index (κ1) is 17.6. The first-order valence-electron chi connectivity index (χ1n) is 8.68. The van der Waals surface area contributed by atoms with Crippen LogP contribution >= 0.6 is 0 Å². The molecular weight excluding hydrogens is 322 g/mol. The van der Waals surface area contributed by atoms with Crippen molar-refractivity contribution in [1.82, 2.24) is 4.90 Å². The number of carbonyl (C=O) groups excluding carboxylic acids is 1. The fourth-order valence-electron chi connectivity index (χ4n) is 3.43. The number of benzene rings is 1. The molecule has 0 saturated carbocycles. The number of Topliss-reactive ketones (excluding diaryl/α,β-unsaturated/α-hetero) is 1. The number of ketones is 1. The number of fused-ring (bicyclic) bond motifs is 1. The fraction of sp³-hybridized carbons (Fsp3) is 0.526. The van der Waals surface area contributed by atoms with Crippen LogP contribution in [0.25, 0.3) is 11.0 Å². The smallest absolute Gasteiger partial charge is 0.205 e. The Bertz CT molecular complexity index is 746. The SMILES string of the molecule is COc1c(C(C)=O)c(OCCN2CCCCC2)c(OC)c2occc12. The van der Waals surface area contributed by atoms with Crippen LogP contribution in [0, 0.1) is 0 Å². The van der Waals surface area contributed by atoms with Crippen LogP contribution in [0.1, 0.15) is 36.5 Å². The molecule has 1 aromatic carbocycles. The van der Waals surface area contributed by atoms with Gasteiger partial charge in [-0.3, -0.25) is 9.69 Å². The Morgan fingerprint density at radius 3 is 2.48 bits per heavy atom. The summed E-state index contributed by atoms with van der Waals surface area (Å²) >= 11 is 0. The maximum atomic E-state index is 12.3. The number of hydrogen-bond acceptors (Lipinski definition) is 6. The van der Waals surface area contributed by atoms with Gasteiger partial charge in [0.25, 0.3) is 0 Å². The van der Waals surface area contributed by atoms with Crippen molar-refractivity contribution in [2.75, 3.05) is 40.5 Å². The second-order valence-corrected chi connectivity index (χ2v) is 6.24. The zero-order chi connectivity index (χ0) is 17.8. The predicted molar refractivity (Wildman–Crippen MR) is 95.1 cm³/mol. The molecule has 136 valence electrons. The third kappa shape index (κ3) is 3.44. The normalized spacial score (nSPS) is 15.3. The average molecular weight is 347 g/mol. The van der Waals surface area contributed by atoms with Crippen molar-refractivity contribution in [3.63, 3.8) is 0 Å². The van der Waals surface area contributed by atoms with E-state index in [2.05, 4.69) is 4.90 Å². The van der Waals surface area contributed by atoms with Gasteiger partial charge in [-0.2, -0.15) is 0 Å². The van der Waals surface area contributed by atoms with Crippen molar-refractivity contribution in [3.8, 4) is 17.2 Å². The quantitative estimate of drug-likeness (QED) is 0.714. The molecule has 1 saturated heterocycles. The molecule has 3 rings (SSSR count). The molecule has 2 heterocycles. The highest BCUT2D eigenvalue weighted by Gasteiger charge is 2.27. The highest BCUT2D eigenvalue weighted by Crippen LogP contribution is 2.46. The molecule has 1 aliphatic rings. The number of likely N-dealkylation sites (tertiary alicyclic amines) is 1. The van der Waals surface area contributed by atoms with Gasteiger partial charge >= 0.3 is 0 Å². The Kier molecular flexibility index (Phi) is 5.48. The largest absolute Gasteiger partial charge is 0.495 e. The average Bonchev–Trinajstić information content (AvgIpc) is 3.10. The topological polar surface area (TPSA) is 61.1 Å². The van der Waals surface area contributed by atoms with E-state index in [0.717, 1.165) is 19.6 Å². The summed E-state index contributed by atoms with van der Waals surface area (Å²) in [5.41, 5.74) is 0.921. The molecule has 1 aliphatic heterocycles. The Morgan fingerprint density at radius 1 is 1.12 bits per heavy atom. The van der Waals surface area contributed by atoms with E-state index in [0.29, 0.717) is 40.4 Å². The van der Waals surface area contributed by atoms with E-state index in [1.54, 1.807) is 19.4 Å². The summed E-state index contributed by atoms with van der Waals surface area (Å²) in [6.45, 7) is 4.99. The number of rotatable bonds is 7. The Morgan fingerprint density at radius 2 is 1.84 bits per heavy atom. The summed E-state index contributed by atoms with van der Waals surface area (Å²) in [5.74, 6) is 1.16. The van der Waals surface area contributed by atoms with Crippen molar-refractivity contribution in [2.24, 2.45) is 0 Å². The van der Waals surface area contributed by atoms with Crippen molar-refractivity contribution in [3.05, 3.63) is 17.9 Å². The molecule has 0 bridgehead atoms. The standard InChI is InChI=1S/C19H25NO5/c1-13(21)15-16(22-2)14-7-11-24-17(14)19(23-3)18(15)25-12-10-20-8-5-4-6-9-20/h7,11H,4-6,8-10,12H2,1-3H3. The van der Waals surface area contributed by atoms with Gasteiger partial charge in [0.05, 0.1) is 25.9 Å². The van der Waals surface area contributed by atoms with Crippen molar-refractivity contribution in [2.45, 2.75) is 26.2 Å². The van der Waals surface area contributed by atoms with Crippen LogP contribution in [-0.4, -0.2) is 51.1 Å². The van der Waals surface area contributed by atoms with Crippen LogP contribution < -0.4 is 14.2 Å². The van der Waals surface area contributed by atoms with Crippen molar-refractivity contribution < 1.29 is 23.4 Å². The first-order valence-corrected chi connectivity index (χ1v) is 8.68. The van der Waals surface area contributed by atoms with Crippen LogP contribution in [0.5, 0.6) is 17.2 Å². The minimum Gasteiger partial charge on any atom is -0.495 e. The molecule has 1 fully saturated rings. The summed E-state index contributed by atoms with van der Waals surface area (Å²) < 4.78 is 22.6. The molecule has 25 heavy (non-hydrogen) atoms. The van der Waals surface area contributed by atoms with E-state index in [1.807, 2.05) is 0 Å². The highest BCUT2D eigenvalue weighted by molar-refractivity contribution is 6.08. The molecule has 0 aliphatic carbocycles. The van der Waals surface area contributed by atoms with Crippen LogP contribution in [0.2, 0.25) is 0 Å². The molecule has 2 aromatic rings. The third-order valence-corrected chi connectivity index (χ3v) is 4.64. The molecule has 0 spiro atoms. The summed E-state index contributed by atoms with van der Waals surface area (Å²) in [5, 5.41) is 0.702. The lowest BCUT2D eigenvalue weighted by Gasteiger charge is -2.26. The van der Waals surface area contributed by atoms with Gasteiger partial charge in [0.2, 0.25) is 5.75 Å². The number of furan rings is 1. The lowest BCUT2D eigenvalue weighted by molar-refractivity contribution is 0.100. The lowest BCUT2D eigenvalue weighted by Crippen LogP contribution is -2.33. The fourth-order valence-corrected chi connectivity index (χ4v) is 3.43. The van der Waals surface area contributed by atoms with Gasteiger partial charge in [-0.05, 0) is 38.9 Å². The lowest BCUT2D eigenvalue weighted by atomic mass is 10.0. The molecule has 0 unspecified atom stereocenters. The van der Waals surface area contributed by atoms with Crippen molar-refractivity contribution in [1.29, 1.82) is 0 Å². The van der Waals surface area contributed by atoms with E-state index >= 15 is 0 Å². The van der Waals surface area contributed by atoms with E-state index in [4.69, 9.17) is 18.6 Å². The number of hydrogen-bond donors (Lipinski definition) is 0. The van der Waals surface area contributed by atoms with Crippen LogP contribution in [0.4, 0.5) is 0 Å². The third-order valence-electron chi connectivity index (χ3n) is 4.64. The molecule has 6 nitrogen and oxygen atoms in total. The zero-order valence-corrected chi connectivity index (χ0v) is 15.1. The minimum atomic E-state index is -0.133.